The minimum Gasteiger partial charge on any atom is -0.273 e. The van der Waals surface area contributed by atoms with E-state index in [9.17, 15) is 21.6 Å². The monoisotopic (exact) mass is 428 g/mol. The molecule has 0 bridgehead atoms. The number of aryl methyl sites for hydroxylation is 1. The first-order valence-electron chi connectivity index (χ1n) is 8.31. The number of sulfonamides is 2. The van der Waals surface area contributed by atoms with Gasteiger partial charge in [0.1, 0.15) is 0 Å². The number of hydrogen-bond acceptors (Lipinski definition) is 6. The molecule has 146 valence electrons. The van der Waals surface area contributed by atoms with E-state index in [1.807, 2.05) is 17.5 Å². The summed E-state index contributed by atoms with van der Waals surface area (Å²) < 4.78 is 52.8. The first-order chi connectivity index (χ1) is 12.6. The Morgan fingerprint density at radius 2 is 2.04 bits per heavy atom. The van der Waals surface area contributed by atoms with Gasteiger partial charge in [-0.1, -0.05) is 13.0 Å². The second kappa shape index (κ2) is 7.34. The van der Waals surface area contributed by atoms with Gasteiger partial charge in [-0.3, -0.25) is 4.79 Å². The molecule has 2 aromatic rings. The van der Waals surface area contributed by atoms with Crippen molar-refractivity contribution in [3.05, 3.63) is 46.2 Å². The van der Waals surface area contributed by atoms with Crippen LogP contribution in [-0.2, 0) is 31.3 Å². The zero-order chi connectivity index (χ0) is 19.8. The summed E-state index contributed by atoms with van der Waals surface area (Å²) in [7, 11) is -7.46. The molecule has 1 aromatic heterocycles. The third-order valence-electron chi connectivity index (χ3n) is 4.29. The molecule has 10 heteroatoms. The van der Waals surface area contributed by atoms with Gasteiger partial charge in [0.15, 0.2) is 0 Å². The number of carbonyl (C=O) groups is 1. The van der Waals surface area contributed by atoms with E-state index in [-0.39, 0.29) is 22.9 Å². The third-order valence-corrected chi connectivity index (χ3v) is 8.71. The number of amides is 1. The smallest absolute Gasteiger partial charge is 0.244 e. The summed E-state index contributed by atoms with van der Waals surface area (Å²) in [5, 5.41) is 1.93. The van der Waals surface area contributed by atoms with Crippen LogP contribution < -0.4 is 9.03 Å². The Morgan fingerprint density at radius 3 is 2.59 bits per heavy atom. The van der Waals surface area contributed by atoms with E-state index in [4.69, 9.17) is 0 Å². The highest BCUT2D eigenvalue weighted by Crippen LogP contribution is 2.30. The molecule has 0 saturated carbocycles. The molecule has 1 saturated heterocycles. The average molecular weight is 429 g/mol. The number of benzene rings is 1. The van der Waals surface area contributed by atoms with Crippen LogP contribution in [0.1, 0.15) is 17.4 Å². The highest BCUT2D eigenvalue weighted by atomic mass is 32.2. The van der Waals surface area contributed by atoms with Gasteiger partial charge in [0, 0.05) is 11.4 Å². The molecule has 0 aliphatic carbocycles. The molecular weight excluding hydrogens is 408 g/mol. The number of thiophene rings is 1. The van der Waals surface area contributed by atoms with E-state index in [1.54, 1.807) is 25.2 Å². The molecule has 1 N–H and O–H groups in total. The van der Waals surface area contributed by atoms with Gasteiger partial charge in [-0.05, 0) is 48.6 Å². The zero-order valence-corrected chi connectivity index (χ0v) is 17.3. The van der Waals surface area contributed by atoms with Crippen molar-refractivity contribution in [1.82, 2.24) is 4.72 Å². The van der Waals surface area contributed by atoms with Gasteiger partial charge in [0.05, 0.1) is 22.3 Å². The maximum Gasteiger partial charge on any atom is 0.244 e. The van der Waals surface area contributed by atoms with Gasteiger partial charge < -0.3 is 0 Å². The van der Waals surface area contributed by atoms with E-state index in [0.717, 1.165) is 9.18 Å². The molecule has 0 spiro atoms. The summed E-state index contributed by atoms with van der Waals surface area (Å²) in [4.78, 5) is 13.3. The van der Waals surface area contributed by atoms with Crippen LogP contribution in [0.15, 0.2) is 40.6 Å². The number of rotatable bonds is 6. The Hall–Kier alpha value is -1.75. The largest absolute Gasteiger partial charge is 0.273 e. The lowest BCUT2D eigenvalue weighted by Crippen LogP contribution is -2.30. The molecule has 1 aliphatic heterocycles. The van der Waals surface area contributed by atoms with Gasteiger partial charge in [-0.2, -0.15) is 0 Å². The van der Waals surface area contributed by atoms with Crippen molar-refractivity contribution in [3.63, 3.8) is 0 Å². The number of carbonyl (C=O) groups excluding carboxylic acids is 1. The SMILES string of the molecule is Cc1cc(N2C(=O)C(C)CS2(=O)=O)ccc1S(=O)(=O)NCCc1cccs1. The lowest BCUT2D eigenvalue weighted by atomic mass is 10.2. The van der Waals surface area contributed by atoms with Crippen molar-refractivity contribution in [3.8, 4) is 0 Å². The Bertz CT molecular complexity index is 1060. The molecule has 0 radical (unpaired) electrons. The first-order valence-corrected chi connectivity index (χ1v) is 12.3. The van der Waals surface area contributed by atoms with Crippen LogP contribution in [0, 0.1) is 12.8 Å². The van der Waals surface area contributed by atoms with Gasteiger partial charge in [0.2, 0.25) is 26.0 Å². The van der Waals surface area contributed by atoms with Crippen LogP contribution in [0.25, 0.3) is 0 Å². The molecular formula is C17H20N2O5S3. The summed E-state index contributed by atoms with van der Waals surface area (Å²) >= 11 is 1.56. The topological polar surface area (TPSA) is 101 Å². The summed E-state index contributed by atoms with van der Waals surface area (Å²) in [6, 6.07) is 7.96. The predicted octanol–water partition coefficient (Wildman–Crippen LogP) is 1.89. The molecule has 3 rings (SSSR count). The number of hydrogen-bond donors (Lipinski definition) is 1. The quantitative estimate of drug-likeness (QED) is 0.757. The highest BCUT2D eigenvalue weighted by Gasteiger charge is 2.42. The highest BCUT2D eigenvalue weighted by molar-refractivity contribution is 7.94. The fourth-order valence-corrected chi connectivity index (χ4v) is 6.77. The van der Waals surface area contributed by atoms with Crippen LogP contribution in [0.5, 0.6) is 0 Å². The maximum absolute atomic E-state index is 12.6. The van der Waals surface area contributed by atoms with Crippen LogP contribution in [0.3, 0.4) is 0 Å². The Labute approximate surface area is 163 Å². The standard InChI is InChI=1S/C17H20N2O5S3/c1-12-10-14(19-17(20)13(2)11-26(19,21)22)5-6-16(12)27(23,24)18-8-7-15-4-3-9-25-15/h3-6,9-10,13,18H,7-8,11H2,1-2H3. The molecule has 1 atom stereocenters. The lowest BCUT2D eigenvalue weighted by molar-refractivity contribution is -0.119. The van der Waals surface area contributed by atoms with E-state index in [1.165, 1.54) is 18.2 Å². The fraction of sp³-hybridized carbons (Fsp3) is 0.353. The van der Waals surface area contributed by atoms with Crippen LogP contribution in [0.4, 0.5) is 5.69 Å². The maximum atomic E-state index is 12.6. The fourth-order valence-electron chi connectivity index (χ4n) is 2.99. The van der Waals surface area contributed by atoms with Crippen molar-refractivity contribution in [2.24, 2.45) is 5.92 Å². The Balaban J connectivity index is 1.81. The van der Waals surface area contributed by atoms with Crippen molar-refractivity contribution in [1.29, 1.82) is 0 Å². The summed E-state index contributed by atoms with van der Waals surface area (Å²) in [5.74, 6) is -1.36. The molecule has 1 aromatic carbocycles. The second-order valence-corrected chi connectivity index (χ2v) is 11.1. The Morgan fingerprint density at radius 1 is 1.30 bits per heavy atom. The summed E-state index contributed by atoms with van der Waals surface area (Å²) in [6.45, 7) is 3.40. The minimum absolute atomic E-state index is 0.0644. The van der Waals surface area contributed by atoms with Crippen LogP contribution >= 0.6 is 11.3 Å². The van der Waals surface area contributed by atoms with Gasteiger partial charge in [-0.15, -0.1) is 11.3 Å². The predicted molar refractivity (Wildman–Crippen MR) is 105 cm³/mol. The normalized spacial score (nSPS) is 19.6. The zero-order valence-electron chi connectivity index (χ0n) is 14.9. The molecule has 1 aliphatic rings. The number of nitrogens with zero attached hydrogens (tertiary/aromatic N) is 1. The third kappa shape index (κ3) is 4.08. The van der Waals surface area contributed by atoms with Gasteiger partial charge in [0.25, 0.3) is 0 Å². The van der Waals surface area contributed by atoms with E-state index in [0.29, 0.717) is 12.0 Å². The van der Waals surface area contributed by atoms with Crippen molar-refractivity contribution < 1.29 is 21.6 Å². The first kappa shape index (κ1) is 20.0. The van der Waals surface area contributed by atoms with Crippen molar-refractivity contribution in [2.45, 2.75) is 25.2 Å². The van der Waals surface area contributed by atoms with Crippen LogP contribution in [0.2, 0.25) is 0 Å². The molecule has 2 heterocycles. The van der Waals surface area contributed by atoms with Gasteiger partial charge in [-0.25, -0.2) is 25.9 Å². The number of anilines is 1. The lowest BCUT2D eigenvalue weighted by Gasteiger charge is -2.17. The van der Waals surface area contributed by atoms with Gasteiger partial charge >= 0.3 is 0 Å². The summed E-state index contributed by atoms with van der Waals surface area (Å²) in [6.07, 6.45) is 0.590. The van der Waals surface area contributed by atoms with E-state index >= 15 is 0 Å². The second-order valence-electron chi connectivity index (χ2n) is 6.46. The minimum atomic E-state index is -3.74. The average Bonchev–Trinajstić information content (AvgIpc) is 3.13. The molecule has 7 nitrogen and oxygen atoms in total. The molecule has 1 unspecified atom stereocenters. The molecule has 1 amide bonds. The summed E-state index contributed by atoms with van der Waals surface area (Å²) in [5.41, 5.74) is 0.540. The van der Waals surface area contributed by atoms with E-state index < -0.39 is 31.9 Å². The molecule has 27 heavy (non-hydrogen) atoms. The number of nitrogens with one attached hydrogen (secondary N) is 1. The molecule has 1 fully saturated rings. The van der Waals surface area contributed by atoms with Crippen LogP contribution in [-0.4, -0.2) is 35.0 Å². The van der Waals surface area contributed by atoms with E-state index in [2.05, 4.69) is 4.72 Å². The van der Waals surface area contributed by atoms with Crippen molar-refractivity contribution >= 4 is 43.0 Å². The van der Waals surface area contributed by atoms with Crippen molar-refractivity contribution in [2.75, 3.05) is 16.6 Å². The Kier molecular flexibility index (Phi) is 5.44.